The predicted octanol–water partition coefficient (Wildman–Crippen LogP) is 1.69. The zero-order valence-electron chi connectivity index (χ0n) is 15.9. The van der Waals surface area contributed by atoms with Crippen molar-refractivity contribution in [2.45, 2.75) is 19.4 Å². The van der Waals surface area contributed by atoms with Crippen molar-refractivity contribution in [3.8, 4) is 0 Å². The highest BCUT2D eigenvalue weighted by molar-refractivity contribution is 7.89. The molecule has 0 radical (unpaired) electrons. The van der Waals surface area contributed by atoms with Gasteiger partial charge in [-0.25, -0.2) is 32.1 Å². The quantitative estimate of drug-likeness (QED) is 0.698. The van der Waals surface area contributed by atoms with Gasteiger partial charge in [-0.1, -0.05) is 12.1 Å². The van der Waals surface area contributed by atoms with Gasteiger partial charge in [0.05, 0.1) is 23.0 Å². The first kappa shape index (κ1) is 19.2. The smallest absolute Gasteiger partial charge is 0.239 e. The number of nitrogens with zero attached hydrogens (tertiary/aromatic N) is 5. The SMILES string of the molecule is Cc1cnc2c(Cc3ccc(F)c([C@@H]4CS(=O)(=O)N(C)C(N)=N4)c3)ncnc2c1. The van der Waals surface area contributed by atoms with Crippen LogP contribution in [-0.4, -0.2) is 46.4 Å². The second-order valence-electron chi connectivity index (χ2n) is 6.98. The van der Waals surface area contributed by atoms with Crippen molar-refractivity contribution < 1.29 is 12.8 Å². The van der Waals surface area contributed by atoms with Crippen LogP contribution in [0.1, 0.15) is 28.4 Å². The highest BCUT2D eigenvalue weighted by Crippen LogP contribution is 2.28. The van der Waals surface area contributed by atoms with Crippen LogP contribution in [0, 0.1) is 12.7 Å². The molecule has 0 fully saturated rings. The Balaban J connectivity index is 1.72. The van der Waals surface area contributed by atoms with E-state index in [4.69, 9.17) is 5.73 Å². The molecule has 0 saturated heterocycles. The lowest BCUT2D eigenvalue weighted by atomic mass is 10.0. The first-order chi connectivity index (χ1) is 13.7. The third-order valence-corrected chi connectivity index (χ3v) is 6.63. The van der Waals surface area contributed by atoms with Crippen LogP contribution in [0.3, 0.4) is 0 Å². The minimum absolute atomic E-state index is 0.160. The summed E-state index contributed by atoms with van der Waals surface area (Å²) in [5, 5.41) is 0. The fourth-order valence-electron chi connectivity index (χ4n) is 3.27. The van der Waals surface area contributed by atoms with Crippen molar-refractivity contribution in [3.63, 3.8) is 0 Å². The molecule has 10 heteroatoms. The Hall–Kier alpha value is -3.14. The summed E-state index contributed by atoms with van der Waals surface area (Å²) >= 11 is 0. The standard InChI is InChI=1S/C19H19FN6O2S/c1-11-5-15-18(22-8-11)16(24-10-23-15)7-12-3-4-14(20)13(6-12)17-9-29(27,28)26(2)19(21)25-17/h3-6,8,10,17H,7,9H2,1-2H3,(H2,21,25)/t17-/m0/s1. The van der Waals surface area contributed by atoms with Crippen molar-refractivity contribution in [2.75, 3.05) is 12.8 Å². The van der Waals surface area contributed by atoms with E-state index in [1.165, 1.54) is 19.4 Å². The molecule has 29 heavy (non-hydrogen) atoms. The van der Waals surface area contributed by atoms with Crippen LogP contribution in [0.5, 0.6) is 0 Å². The number of aryl methyl sites for hydroxylation is 1. The van der Waals surface area contributed by atoms with Gasteiger partial charge in [0, 0.05) is 25.2 Å². The largest absolute Gasteiger partial charge is 0.369 e. The van der Waals surface area contributed by atoms with Gasteiger partial charge < -0.3 is 5.73 Å². The Morgan fingerprint density at radius 2 is 2.03 bits per heavy atom. The van der Waals surface area contributed by atoms with E-state index in [2.05, 4.69) is 19.9 Å². The van der Waals surface area contributed by atoms with Gasteiger partial charge in [-0.3, -0.25) is 4.98 Å². The molecule has 0 unspecified atom stereocenters. The number of benzene rings is 1. The van der Waals surface area contributed by atoms with E-state index in [9.17, 15) is 12.8 Å². The summed E-state index contributed by atoms with van der Waals surface area (Å²) in [5.41, 5.74) is 9.76. The van der Waals surface area contributed by atoms with Crippen LogP contribution in [0.25, 0.3) is 11.0 Å². The molecular weight excluding hydrogens is 395 g/mol. The Morgan fingerprint density at radius 3 is 2.79 bits per heavy atom. The maximum atomic E-state index is 14.5. The van der Waals surface area contributed by atoms with Crippen LogP contribution >= 0.6 is 0 Å². The summed E-state index contributed by atoms with van der Waals surface area (Å²) in [6.45, 7) is 1.93. The first-order valence-corrected chi connectivity index (χ1v) is 10.5. The predicted molar refractivity (Wildman–Crippen MR) is 107 cm³/mol. The lowest BCUT2D eigenvalue weighted by molar-refractivity contribution is 0.524. The third-order valence-electron chi connectivity index (χ3n) is 4.88. The van der Waals surface area contributed by atoms with Crippen LogP contribution in [0.4, 0.5) is 4.39 Å². The van der Waals surface area contributed by atoms with Crippen molar-refractivity contribution in [3.05, 3.63) is 65.0 Å². The van der Waals surface area contributed by atoms with Crippen molar-refractivity contribution in [1.29, 1.82) is 0 Å². The number of fused-ring (bicyclic) bond motifs is 1. The van der Waals surface area contributed by atoms with E-state index >= 15 is 0 Å². The topological polar surface area (TPSA) is 114 Å². The minimum atomic E-state index is -3.65. The Bertz CT molecular complexity index is 1240. The molecule has 0 saturated carbocycles. The Morgan fingerprint density at radius 1 is 1.24 bits per heavy atom. The van der Waals surface area contributed by atoms with Crippen LogP contribution in [0.2, 0.25) is 0 Å². The number of hydrogen-bond donors (Lipinski definition) is 1. The second kappa shape index (κ2) is 7.03. The molecule has 3 heterocycles. The monoisotopic (exact) mass is 414 g/mol. The Kier molecular flexibility index (Phi) is 4.65. The molecule has 2 N–H and O–H groups in total. The lowest BCUT2D eigenvalue weighted by Gasteiger charge is -2.27. The molecule has 3 aromatic rings. The van der Waals surface area contributed by atoms with Gasteiger partial charge in [-0.05, 0) is 30.2 Å². The molecule has 0 bridgehead atoms. The summed E-state index contributed by atoms with van der Waals surface area (Å²) in [7, 11) is -2.32. The van der Waals surface area contributed by atoms with E-state index < -0.39 is 21.9 Å². The molecule has 1 aliphatic rings. The van der Waals surface area contributed by atoms with E-state index in [1.807, 2.05) is 13.0 Å². The normalized spacial score (nSPS) is 18.7. The fourth-order valence-corrected chi connectivity index (χ4v) is 4.48. The number of guanidine groups is 1. The summed E-state index contributed by atoms with van der Waals surface area (Å²) < 4.78 is 39.9. The van der Waals surface area contributed by atoms with Crippen molar-refractivity contribution in [1.82, 2.24) is 19.3 Å². The minimum Gasteiger partial charge on any atom is -0.369 e. The number of rotatable bonds is 3. The van der Waals surface area contributed by atoms with Crippen LogP contribution in [0.15, 0.2) is 41.8 Å². The number of hydrogen-bond acceptors (Lipinski definition) is 7. The molecule has 0 spiro atoms. The molecule has 150 valence electrons. The second-order valence-corrected chi connectivity index (χ2v) is 9.03. The molecule has 1 atom stereocenters. The van der Waals surface area contributed by atoms with Crippen LogP contribution in [-0.2, 0) is 16.4 Å². The van der Waals surface area contributed by atoms with Crippen molar-refractivity contribution >= 4 is 27.0 Å². The average Bonchev–Trinajstić information content (AvgIpc) is 2.67. The summed E-state index contributed by atoms with van der Waals surface area (Å²) in [6, 6.07) is 5.57. The van der Waals surface area contributed by atoms with Gasteiger partial charge in [0.25, 0.3) is 0 Å². The zero-order chi connectivity index (χ0) is 20.8. The van der Waals surface area contributed by atoms with Gasteiger partial charge in [-0.15, -0.1) is 0 Å². The van der Waals surface area contributed by atoms with Gasteiger partial charge >= 0.3 is 0 Å². The Labute approximate surface area is 167 Å². The van der Waals surface area contributed by atoms with E-state index in [0.717, 1.165) is 20.9 Å². The summed E-state index contributed by atoms with van der Waals surface area (Å²) in [4.78, 5) is 17.2. The molecule has 1 aromatic carbocycles. The van der Waals surface area contributed by atoms with Gasteiger partial charge in [0.1, 0.15) is 17.7 Å². The number of nitrogens with two attached hydrogens (primary N) is 1. The first-order valence-electron chi connectivity index (χ1n) is 8.89. The molecule has 1 aliphatic heterocycles. The molecule has 0 amide bonds. The van der Waals surface area contributed by atoms with Crippen LogP contribution < -0.4 is 5.73 Å². The molecule has 8 nitrogen and oxygen atoms in total. The van der Waals surface area contributed by atoms with E-state index in [0.29, 0.717) is 17.6 Å². The third kappa shape index (κ3) is 3.63. The highest BCUT2D eigenvalue weighted by atomic mass is 32.2. The highest BCUT2D eigenvalue weighted by Gasteiger charge is 2.32. The molecule has 2 aromatic heterocycles. The van der Waals surface area contributed by atoms with Gasteiger partial charge in [0.2, 0.25) is 16.0 Å². The number of halogens is 1. The maximum absolute atomic E-state index is 14.5. The lowest BCUT2D eigenvalue weighted by Crippen LogP contribution is -2.45. The molecule has 4 rings (SSSR count). The van der Waals surface area contributed by atoms with E-state index in [-0.39, 0.29) is 17.3 Å². The fraction of sp³-hybridized carbons (Fsp3) is 0.263. The van der Waals surface area contributed by atoms with E-state index in [1.54, 1.807) is 18.3 Å². The van der Waals surface area contributed by atoms with Gasteiger partial charge in [0.15, 0.2) is 0 Å². The summed E-state index contributed by atoms with van der Waals surface area (Å²) in [5.74, 6) is -1.04. The van der Waals surface area contributed by atoms with Gasteiger partial charge in [-0.2, -0.15) is 0 Å². The number of pyridine rings is 1. The van der Waals surface area contributed by atoms with Crippen molar-refractivity contribution in [2.24, 2.45) is 10.7 Å². The zero-order valence-corrected chi connectivity index (χ0v) is 16.7. The number of sulfonamides is 1. The summed E-state index contributed by atoms with van der Waals surface area (Å²) in [6.07, 6.45) is 3.60. The number of aromatic nitrogens is 3. The number of aliphatic imine (C=N–C) groups is 1. The molecule has 0 aliphatic carbocycles. The maximum Gasteiger partial charge on any atom is 0.239 e. The average molecular weight is 414 g/mol. The molecular formula is C19H19FN6O2S.